The van der Waals surface area contributed by atoms with Crippen LogP contribution < -0.4 is 0 Å². The fourth-order valence-corrected chi connectivity index (χ4v) is 2.82. The van der Waals surface area contributed by atoms with Crippen LogP contribution in [0.5, 0.6) is 0 Å². The molecule has 0 bridgehead atoms. The maximum Gasteiger partial charge on any atom is 0.186 e. The van der Waals surface area contributed by atoms with E-state index in [4.69, 9.17) is 14.6 Å². The first-order valence-electron chi connectivity index (χ1n) is 9.04. The van der Waals surface area contributed by atoms with Crippen LogP contribution in [0.3, 0.4) is 0 Å². The van der Waals surface area contributed by atoms with Gasteiger partial charge in [-0.15, -0.1) is 0 Å². The van der Waals surface area contributed by atoms with Crippen molar-refractivity contribution >= 4 is 0 Å². The molecule has 1 saturated heterocycles. The Balaban J connectivity index is 2.06. The molecule has 0 saturated carbocycles. The van der Waals surface area contributed by atoms with Gasteiger partial charge < -0.3 is 29.9 Å². The molecule has 1 rings (SSSR count). The first-order valence-corrected chi connectivity index (χ1v) is 9.04. The molecular weight excluding hydrogens is 300 g/mol. The lowest BCUT2D eigenvalue weighted by Crippen LogP contribution is -2.59. The van der Waals surface area contributed by atoms with E-state index in [2.05, 4.69) is 6.92 Å². The van der Waals surface area contributed by atoms with Gasteiger partial charge in [-0.05, 0) is 6.42 Å². The summed E-state index contributed by atoms with van der Waals surface area (Å²) in [6.45, 7) is 2.22. The molecule has 23 heavy (non-hydrogen) atoms. The number of unbranched alkanes of at least 4 members (excludes halogenated alkanes) is 8. The van der Waals surface area contributed by atoms with E-state index < -0.39 is 37.3 Å². The van der Waals surface area contributed by atoms with E-state index in [0.717, 1.165) is 12.8 Å². The molecule has 1 heterocycles. The predicted molar refractivity (Wildman–Crippen MR) is 86.9 cm³/mol. The molecule has 1 fully saturated rings. The van der Waals surface area contributed by atoms with Crippen molar-refractivity contribution in [3.05, 3.63) is 0 Å². The minimum atomic E-state index is -1.37. The number of rotatable bonds is 12. The first-order chi connectivity index (χ1) is 11.1. The first kappa shape index (κ1) is 20.8. The molecule has 1 aliphatic heterocycles. The highest BCUT2D eigenvalue weighted by molar-refractivity contribution is 4.88. The largest absolute Gasteiger partial charge is 0.394 e. The Labute approximate surface area is 139 Å². The highest BCUT2D eigenvalue weighted by atomic mass is 16.7. The Morgan fingerprint density at radius 3 is 1.91 bits per heavy atom. The van der Waals surface area contributed by atoms with Crippen LogP contribution in [0.25, 0.3) is 0 Å². The van der Waals surface area contributed by atoms with Crippen molar-refractivity contribution in [3.63, 3.8) is 0 Å². The van der Waals surface area contributed by atoms with Crippen LogP contribution in [-0.4, -0.2) is 64.3 Å². The Bertz CT molecular complexity index is 286. The Morgan fingerprint density at radius 1 is 0.783 bits per heavy atom. The molecule has 5 atom stereocenters. The van der Waals surface area contributed by atoms with E-state index in [1.807, 2.05) is 0 Å². The standard InChI is InChI=1S/C17H34O6/c1-2-3-4-5-6-7-8-9-10-11-22-17-16(21)15(20)14(19)13(12-18)23-17/h13-21H,2-12H2,1H3/t13-,14+,15+,16-,17-/m1/s1. The third-order valence-electron chi connectivity index (χ3n) is 4.38. The van der Waals surface area contributed by atoms with Gasteiger partial charge in [-0.3, -0.25) is 0 Å². The summed E-state index contributed by atoms with van der Waals surface area (Å²) >= 11 is 0. The lowest BCUT2D eigenvalue weighted by molar-refractivity contribution is -0.301. The van der Waals surface area contributed by atoms with Crippen LogP contribution in [0, 0.1) is 0 Å². The van der Waals surface area contributed by atoms with Crippen molar-refractivity contribution in [2.75, 3.05) is 13.2 Å². The van der Waals surface area contributed by atoms with Crippen LogP contribution in [0.4, 0.5) is 0 Å². The second-order valence-electron chi connectivity index (χ2n) is 6.40. The second-order valence-corrected chi connectivity index (χ2v) is 6.40. The van der Waals surface area contributed by atoms with Crippen LogP contribution in [0.15, 0.2) is 0 Å². The molecule has 138 valence electrons. The van der Waals surface area contributed by atoms with E-state index in [-0.39, 0.29) is 0 Å². The molecule has 0 spiro atoms. The van der Waals surface area contributed by atoms with Crippen molar-refractivity contribution in [1.29, 1.82) is 0 Å². The number of aliphatic hydroxyl groups is 4. The average Bonchev–Trinajstić information content (AvgIpc) is 2.56. The SMILES string of the molecule is CCCCCCCCCCCO[C@@H]1O[C@H](CO)[C@H](O)[C@H](O)[C@H]1O. The van der Waals surface area contributed by atoms with E-state index in [0.29, 0.717) is 6.61 Å². The zero-order valence-electron chi connectivity index (χ0n) is 14.3. The molecule has 0 aromatic rings. The van der Waals surface area contributed by atoms with E-state index >= 15 is 0 Å². The minimum absolute atomic E-state index is 0.428. The molecule has 0 radical (unpaired) electrons. The lowest BCUT2D eigenvalue weighted by Gasteiger charge is -2.39. The van der Waals surface area contributed by atoms with Crippen molar-refractivity contribution in [2.45, 2.75) is 95.4 Å². The van der Waals surface area contributed by atoms with E-state index in [1.165, 1.54) is 44.9 Å². The molecule has 6 heteroatoms. The van der Waals surface area contributed by atoms with Gasteiger partial charge in [-0.2, -0.15) is 0 Å². The number of aliphatic hydroxyl groups excluding tert-OH is 4. The smallest absolute Gasteiger partial charge is 0.186 e. The second kappa shape index (κ2) is 12.2. The Hall–Kier alpha value is -0.240. The summed E-state index contributed by atoms with van der Waals surface area (Å²) in [4.78, 5) is 0. The van der Waals surface area contributed by atoms with Crippen molar-refractivity contribution in [1.82, 2.24) is 0 Å². The molecule has 0 amide bonds. The zero-order valence-corrected chi connectivity index (χ0v) is 14.3. The maximum atomic E-state index is 9.82. The summed E-state index contributed by atoms with van der Waals surface area (Å²) in [6.07, 6.45) is 4.97. The van der Waals surface area contributed by atoms with Gasteiger partial charge in [0.15, 0.2) is 6.29 Å². The molecule has 6 nitrogen and oxygen atoms in total. The topological polar surface area (TPSA) is 99.4 Å². The number of ether oxygens (including phenoxy) is 2. The van der Waals surface area contributed by atoms with Crippen LogP contribution in [0.2, 0.25) is 0 Å². The molecule has 1 aliphatic rings. The van der Waals surface area contributed by atoms with Gasteiger partial charge >= 0.3 is 0 Å². The van der Waals surface area contributed by atoms with Gasteiger partial charge in [-0.1, -0.05) is 58.3 Å². The highest BCUT2D eigenvalue weighted by Crippen LogP contribution is 2.22. The third-order valence-corrected chi connectivity index (χ3v) is 4.38. The van der Waals surface area contributed by atoms with Gasteiger partial charge in [0, 0.05) is 6.61 Å². The summed E-state index contributed by atoms with van der Waals surface area (Å²) < 4.78 is 10.7. The van der Waals surface area contributed by atoms with Crippen LogP contribution >= 0.6 is 0 Å². The normalized spacial score (nSPS) is 31.4. The van der Waals surface area contributed by atoms with Gasteiger partial charge in [-0.25, -0.2) is 0 Å². The molecule has 0 aliphatic carbocycles. The van der Waals surface area contributed by atoms with E-state index in [9.17, 15) is 15.3 Å². The summed E-state index contributed by atoms with van der Waals surface area (Å²) in [6, 6.07) is 0. The third kappa shape index (κ3) is 7.45. The lowest BCUT2D eigenvalue weighted by atomic mass is 9.99. The Kier molecular flexibility index (Phi) is 11.0. The summed E-state index contributed by atoms with van der Waals surface area (Å²) in [5.41, 5.74) is 0. The van der Waals surface area contributed by atoms with Crippen molar-refractivity contribution in [3.8, 4) is 0 Å². The maximum absolute atomic E-state index is 9.82. The van der Waals surface area contributed by atoms with Crippen molar-refractivity contribution in [2.24, 2.45) is 0 Å². The summed E-state index contributed by atoms with van der Waals surface area (Å²) in [5.74, 6) is 0. The molecule has 4 N–H and O–H groups in total. The summed E-state index contributed by atoms with van der Waals surface area (Å²) in [5, 5.41) is 38.2. The Morgan fingerprint density at radius 2 is 1.35 bits per heavy atom. The zero-order chi connectivity index (χ0) is 17.1. The fourth-order valence-electron chi connectivity index (χ4n) is 2.82. The van der Waals surface area contributed by atoms with Gasteiger partial charge in [0.25, 0.3) is 0 Å². The average molecular weight is 334 g/mol. The molecule has 0 aromatic carbocycles. The summed E-state index contributed by atoms with van der Waals surface area (Å²) in [7, 11) is 0. The quantitative estimate of drug-likeness (QED) is 0.402. The molecular formula is C17H34O6. The van der Waals surface area contributed by atoms with Gasteiger partial charge in [0.05, 0.1) is 6.61 Å². The van der Waals surface area contributed by atoms with Crippen molar-refractivity contribution < 1.29 is 29.9 Å². The van der Waals surface area contributed by atoms with Crippen LogP contribution in [0.1, 0.15) is 64.7 Å². The minimum Gasteiger partial charge on any atom is -0.394 e. The predicted octanol–water partition coefficient (Wildman–Crippen LogP) is 1.33. The molecule has 0 unspecified atom stereocenters. The van der Waals surface area contributed by atoms with Gasteiger partial charge in [0.1, 0.15) is 24.4 Å². The van der Waals surface area contributed by atoms with E-state index in [1.54, 1.807) is 0 Å². The number of hydrogen-bond acceptors (Lipinski definition) is 6. The van der Waals surface area contributed by atoms with Crippen LogP contribution in [-0.2, 0) is 9.47 Å². The monoisotopic (exact) mass is 334 g/mol. The molecule has 0 aromatic heterocycles. The fraction of sp³-hybridized carbons (Fsp3) is 1.00. The van der Waals surface area contributed by atoms with Gasteiger partial charge in [0.2, 0.25) is 0 Å². The number of hydrogen-bond donors (Lipinski definition) is 4. The highest BCUT2D eigenvalue weighted by Gasteiger charge is 2.43.